The molecule has 0 radical (unpaired) electrons. The first-order valence-corrected chi connectivity index (χ1v) is 6.78. The van der Waals surface area contributed by atoms with Crippen LogP contribution in [0.5, 0.6) is 0 Å². The molecule has 0 aromatic rings. The first-order chi connectivity index (χ1) is 8.12. The van der Waals surface area contributed by atoms with Crippen molar-refractivity contribution in [3.05, 3.63) is 0 Å². The topological polar surface area (TPSA) is 27.7 Å². The molecule has 1 aliphatic carbocycles. The molecule has 3 heteroatoms. The Bertz CT molecular complexity index is 218. The van der Waals surface area contributed by atoms with Crippen molar-refractivity contribution in [1.82, 2.24) is 0 Å². The molecule has 3 atom stereocenters. The largest absolute Gasteiger partial charge is 0.381 e. The fourth-order valence-corrected chi connectivity index (χ4v) is 3.26. The van der Waals surface area contributed by atoms with Gasteiger partial charge in [-0.25, -0.2) is 0 Å². The third-order valence-corrected chi connectivity index (χ3v) is 4.29. The fraction of sp³-hybridized carbons (Fsp3) is 1.00. The van der Waals surface area contributed by atoms with Gasteiger partial charge in [0.2, 0.25) is 0 Å². The summed E-state index contributed by atoms with van der Waals surface area (Å²) in [5.41, 5.74) is -0.0892. The zero-order chi connectivity index (χ0) is 12.9. The first-order valence-electron chi connectivity index (χ1n) is 6.78. The van der Waals surface area contributed by atoms with Crippen molar-refractivity contribution in [3.63, 3.8) is 0 Å². The molecule has 0 spiro atoms. The van der Waals surface area contributed by atoms with E-state index in [1.807, 2.05) is 14.0 Å². The fourth-order valence-electron chi connectivity index (χ4n) is 3.26. The van der Waals surface area contributed by atoms with E-state index in [1.54, 1.807) is 7.11 Å². The van der Waals surface area contributed by atoms with Gasteiger partial charge in [-0.1, -0.05) is 13.8 Å². The third-order valence-electron chi connectivity index (χ3n) is 4.29. The number of hydrogen-bond donors (Lipinski definition) is 0. The highest BCUT2D eigenvalue weighted by Gasteiger charge is 2.48. The van der Waals surface area contributed by atoms with Crippen LogP contribution >= 0.6 is 0 Å². The molecule has 0 bridgehead atoms. The molecular formula is C14H28O3. The van der Waals surface area contributed by atoms with Crippen LogP contribution in [0.15, 0.2) is 0 Å². The molecule has 0 aliphatic heterocycles. The van der Waals surface area contributed by atoms with Crippen LogP contribution in [-0.4, -0.2) is 39.1 Å². The van der Waals surface area contributed by atoms with Gasteiger partial charge >= 0.3 is 0 Å². The Morgan fingerprint density at radius 2 is 2.00 bits per heavy atom. The van der Waals surface area contributed by atoms with Crippen molar-refractivity contribution in [2.45, 2.75) is 51.7 Å². The molecule has 0 heterocycles. The van der Waals surface area contributed by atoms with Gasteiger partial charge in [0.25, 0.3) is 0 Å². The van der Waals surface area contributed by atoms with Gasteiger partial charge in [0.15, 0.2) is 0 Å². The maximum Gasteiger partial charge on any atom is 0.0776 e. The molecule has 0 N–H and O–H groups in total. The second kappa shape index (κ2) is 6.72. The van der Waals surface area contributed by atoms with Crippen LogP contribution in [-0.2, 0) is 14.2 Å². The highest BCUT2D eigenvalue weighted by Crippen LogP contribution is 2.43. The molecule has 17 heavy (non-hydrogen) atoms. The summed E-state index contributed by atoms with van der Waals surface area (Å²) in [6, 6.07) is 0. The molecule has 0 aromatic heterocycles. The van der Waals surface area contributed by atoms with Gasteiger partial charge in [-0.15, -0.1) is 0 Å². The zero-order valence-electron chi connectivity index (χ0n) is 12.0. The summed E-state index contributed by atoms with van der Waals surface area (Å²) >= 11 is 0. The maximum atomic E-state index is 5.92. The Kier molecular flexibility index (Phi) is 5.90. The average molecular weight is 244 g/mol. The second-order valence-electron chi connectivity index (χ2n) is 5.25. The maximum absolute atomic E-state index is 5.92. The Labute approximate surface area is 106 Å². The summed E-state index contributed by atoms with van der Waals surface area (Å²) in [6.07, 6.45) is 3.66. The summed E-state index contributed by atoms with van der Waals surface area (Å²) in [7, 11) is 3.63. The van der Waals surface area contributed by atoms with Crippen molar-refractivity contribution in [2.24, 2.45) is 11.8 Å². The lowest BCUT2D eigenvalue weighted by Gasteiger charge is -2.49. The molecule has 0 amide bonds. The number of ether oxygens (including phenoxy) is 3. The minimum Gasteiger partial charge on any atom is -0.381 e. The smallest absolute Gasteiger partial charge is 0.0776 e. The minimum atomic E-state index is -0.0892. The predicted molar refractivity (Wildman–Crippen MR) is 69.2 cm³/mol. The van der Waals surface area contributed by atoms with Gasteiger partial charge in [0.05, 0.1) is 18.3 Å². The van der Waals surface area contributed by atoms with Crippen LogP contribution in [0, 0.1) is 11.8 Å². The Hall–Kier alpha value is -0.120. The first kappa shape index (κ1) is 14.9. The summed E-state index contributed by atoms with van der Waals surface area (Å²) in [6.45, 7) is 8.00. The van der Waals surface area contributed by atoms with Crippen LogP contribution in [0.25, 0.3) is 0 Å². The summed E-state index contributed by atoms with van der Waals surface area (Å²) < 4.78 is 17.2. The molecular weight excluding hydrogens is 216 g/mol. The molecule has 1 rings (SSSR count). The molecule has 3 unspecified atom stereocenters. The van der Waals surface area contributed by atoms with Crippen LogP contribution < -0.4 is 0 Å². The Morgan fingerprint density at radius 1 is 1.29 bits per heavy atom. The van der Waals surface area contributed by atoms with Crippen LogP contribution in [0.4, 0.5) is 0 Å². The summed E-state index contributed by atoms with van der Waals surface area (Å²) in [5, 5.41) is 0. The van der Waals surface area contributed by atoms with Crippen molar-refractivity contribution in [1.29, 1.82) is 0 Å². The molecule has 1 fully saturated rings. The van der Waals surface area contributed by atoms with Crippen molar-refractivity contribution in [3.8, 4) is 0 Å². The molecule has 0 saturated heterocycles. The molecule has 1 saturated carbocycles. The number of rotatable bonds is 6. The SMILES string of the molecule is CCOCC1C(OC)CCCC1(OC)C(C)C. The van der Waals surface area contributed by atoms with E-state index in [0.717, 1.165) is 26.1 Å². The van der Waals surface area contributed by atoms with E-state index in [-0.39, 0.29) is 11.7 Å². The van der Waals surface area contributed by atoms with E-state index < -0.39 is 0 Å². The summed E-state index contributed by atoms with van der Waals surface area (Å²) in [5.74, 6) is 0.821. The van der Waals surface area contributed by atoms with E-state index in [1.165, 1.54) is 6.42 Å². The number of hydrogen-bond acceptors (Lipinski definition) is 3. The molecule has 1 aliphatic rings. The third kappa shape index (κ3) is 3.01. The van der Waals surface area contributed by atoms with Gasteiger partial charge in [0.1, 0.15) is 0 Å². The van der Waals surface area contributed by atoms with Gasteiger partial charge < -0.3 is 14.2 Å². The molecule has 3 nitrogen and oxygen atoms in total. The van der Waals surface area contributed by atoms with Gasteiger partial charge in [-0.05, 0) is 32.1 Å². The van der Waals surface area contributed by atoms with Crippen LogP contribution in [0.2, 0.25) is 0 Å². The monoisotopic (exact) mass is 244 g/mol. The minimum absolute atomic E-state index is 0.0892. The quantitative estimate of drug-likeness (QED) is 0.719. The van der Waals surface area contributed by atoms with Crippen molar-refractivity contribution in [2.75, 3.05) is 27.4 Å². The molecule has 102 valence electrons. The number of methoxy groups -OCH3 is 2. The van der Waals surface area contributed by atoms with Crippen LogP contribution in [0.3, 0.4) is 0 Å². The highest BCUT2D eigenvalue weighted by atomic mass is 16.5. The van der Waals surface area contributed by atoms with E-state index in [0.29, 0.717) is 11.8 Å². The summed E-state index contributed by atoms with van der Waals surface area (Å²) in [4.78, 5) is 0. The van der Waals surface area contributed by atoms with E-state index in [4.69, 9.17) is 14.2 Å². The lowest BCUT2D eigenvalue weighted by atomic mass is 9.68. The lowest BCUT2D eigenvalue weighted by Crippen LogP contribution is -2.54. The Morgan fingerprint density at radius 3 is 2.47 bits per heavy atom. The predicted octanol–water partition coefficient (Wildman–Crippen LogP) is 2.88. The van der Waals surface area contributed by atoms with Crippen molar-refractivity contribution >= 4 is 0 Å². The normalized spacial score (nSPS) is 34.2. The van der Waals surface area contributed by atoms with Gasteiger partial charge in [-0.3, -0.25) is 0 Å². The van der Waals surface area contributed by atoms with E-state index in [9.17, 15) is 0 Å². The molecule has 0 aromatic carbocycles. The van der Waals surface area contributed by atoms with Gasteiger partial charge in [0, 0.05) is 26.7 Å². The average Bonchev–Trinajstić information content (AvgIpc) is 2.35. The van der Waals surface area contributed by atoms with Crippen LogP contribution in [0.1, 0.15) is 40.0 Å². The highest BCUT2D eigenvalue weighted by molar-refractivity contribution is 4.98. The second-order valence-corrected chi connectivity index (χ2v) is 5.25. The lowest BCUT2D eigenvalue weighted by molar-refractivity contribution is -0.176. The van der Waals surface area contributed by atoms with E-state index >= 15 is 0 Å². The van der Waals surface area contributed by atoms with Gasteiger partial charge in [-0.2, -0.15) is 0 Å². The van der Waals surface area contributed by atoms with Crippen molar-refractivity contribution < 1.29 is 14.2 Å². The van der Waals surface area contributed by atoms with E-state index in [2.05, 4.69) is 13.8 Å². The zero-order valence-corrected chi connectivity index (χ0v) is 12.0. The standard InChI is InChI=1S/C14H28O3/c1-6-17-10-12-13(15-4)8-7-9-14(12,16-5)11(2)3/h11-13H,6-10H2,1-5H3. The Balaban J connectivity index is 2.88.